The second kappa shape index (κ2) is 12.2. The van der Waals surface area contributed by atoms with Gasteiger partial charge in [-0.1, -0.05) is 42.5 Å². The molecule has 2 heterocycles. The number of ether oxygens (including phenoxy) is 2. The van der Waals surface area contributed by atoms with Crippen molar-refractivity contribution in [3.63, 3.8) is 0 Å². The fourth-order valence-corrected chi connectivity index (χ4v) is 4.05. The van der Waals surface area contributed by atoms with Crippen molar-refractivity contribution in [1.29, 1.82) is 0 Å². The van der Waals surface area contributed by atoms with Gasteiger partial charge < -0.3 is 29.9 Å². The minimum atomic E-state index is -0.516. The van der Waals surface area contributed by atoms with E-state index in [0.29, 0.717) is 37.0 Å². The number of hydrogen-bond acceptors (Lipinski definition) is 8. The van der Waals surface area contributed by atoms with Gasteiger partial charge in [-0.3, -0.25) is 4.79 Å². The smallest absolute Gasteiger partial charge is 0.406 e. The van der Waals surface area contributed by atoms with Crippen molar-refractivity contribution in [2.75, 3.05) is 55.5 Å². The average molecular weight is 505 g/mol. The van der Waals surface area contributed by atoms with Crippen LogP contribution in [0.5, 0.6) is 0 Å². The summed E-state index contributed by atoms with van der Waals surface area (Å²) < 4.78 is 11.4. The standard InChI is InChI=1S/C27H32N6O4/c1-4-29-26-30-16-22-24(31-26)32(3)13-14-33(25(22)34)21-12-8-9-19(15-21)17-36-23(18-37-27(35)28-2)20-10-6-5-7-11-20/h5-12,15-16,23H,4,13-14,17-18H2,1-3H3,(H,28,35)(H,29,30,31). The number of amides is 2. The maximum Gasteiger partial charge on any atom is 0.406 e. The van der Waals surface area contributed by atoms with Crippen LogP contribution in [0.15, 0.2) is 60.8 Å². The normalized spacial score (nSPS) is 14.0. The number of fused-ring (bicyclic) bond motifs is 1. The Morgan fingerprint density at radius 2 is 1.95 bits per heavy atom. The molecule has 0 radical (unpaired) electrons. The number of nitrogens with zero attached hydrogens (tertiary/aromatic N) is 4. The molecule has 1 aliphatic rings. The van der Waals surface area contributed by atoms with Gasteiger partial charge in [0.15, 0.2) is 0 Å². The number of rotatable bonds is 9. The van der Waals surface area contributed by atoms with Crippen molar-refractivity contribution in [3.8, 4) is 0 Å². The molecule has 2 N–H and O–H groups in total. The van der Waals surface area contributed by atoms with E-state index in [-0.39, 0.29) is 19.1 Å². The monoisotopic (exact) mass is 504 g/mol. The van der Waals surface area contributed by atoms with Crippen LogP contribution in [0.1, 0.15) is 34.5 Å². The fraction of sp³-hybridized carbons (Fsp3) is 0.333. The van der Waals surface area contributed by atoms with Gasteiger partial charge >= 0.3 is 6.09 Å². The molecule has 1 unspecified atom stereocenters. The number of likely N-dealkylation sites (N-methyl/N-ethyl adjacent to an activating group) is 1. The summed E-state index contributed by atoms with van der Waals surface area (Å²) in [5.74, 6) is 0.961. The summed E-state index contributed by atoms with van der Waals surface area (Å²) in [4.78, 5) is 37.7. The number of alkyl carbamates (subject to hydrolysis) is 1. The SMILES string of the molecule is CCNc1ncc2c(n1)N(C)CCN(c1cccc(COC(COC(=O)NC)c3ccccc3)c1)C2=O. The molecule has 1 aromatic heterocycles. The van der Waals surface area contributed by atoms with E-state index in [1.807, 2.05) is 73.5 Å². The van der Waals surface area contributed by atoms with Crippen molar-refractivity contribution < 1.29 is 19.1 Å². The molecular weight excluding hydrogens is 472 g/mol. The Bertz CT molecular complexity index is 1220. The number of carbonyl (C=O) groups excluding carboxylic acids is 2. The molecule has 2 amide bonds. The highest BCUT2D eigenvalue weighted by molar-refractivity contribution is 6.09. The zero-order valence-electron chi connectivity index (χ0n) is 21.3. The first-order chi connectivity index (χ1) is 18.0. The summed E-state index contributed by atoms with van der Waals surface area (Å²) >= 11 is 0. The lowest BCUT2D eigenvalue weighted by Crippen LogP contribution is -2.33. The predicted octanol–water partition coefficient (Wildman–Crippen LogP) is 3.62. The maximum atomic E-state index is 13.5. The van der Waals surface area contributed by atoms with Crippen LogP contribution in [0.25, 0.3) is 0 Å². The molecule has 0 saturated carbocycles. The second-order valence-electron chi connectivity index (χ2n) is 8.57. The third kappa shape index (κ3) is 6.34. The van der Waals surface area contributed by atoms with E-state index in [0.717, 1.165) is 16.8 Å². The van der Waals surface area contributed by atoms with E-state index in [9.17, 15) is 9.59 Å². The first-order valence-corrected chi connectivity index (χ1v) is 12.2. The van der Waals surface area contributed by atoms with E-state index >= 15 is 0 Å². The average Bonchev–Trinajstić information content (AvgIpc) is 3.05. The molecule has 0 saturated heterocycles. The molecular formula is C27H32N6O4. The fourth-order valence-electron chi connectivity index (χ4n) is 4.05. The minimum absolute atomic E-state index is 0.0754. The number of carbonyl (C=O) groups is 2. The van der Waals surface area contributed by atoms with Crippen LogP contribution >= 0.6 is 0 Å². The van der Waals surface area contributed by atoms with Gasteiger partial charge in [-0.05, 0) is 30.2 Å². The summed E-state index contributed by atoms with van der Waals surface area (Å²) in [7, 11) is 3.44. The lowest BCUT2D eigenvalue weighted by molar-refractivity contribution is -0.00539. The molecule has 0 aliphatic carbocycles. The molecule has 194 valence electrons. The highest BCUT2D eigenvalue weighted by Gasteiger charge is 2.28. The zero-order valence-corrected chi connectivity index (χ0v) is 21.3. The van der Waals surface area contributed by atoms with Crippen molar-refractivity contribution in [2.45, 2.75) is 19.6 Å². The van der Waals surface area contributed by atoms with Gasteiger partial charge in [0.25, 0.3) is 5.91 Å². The van der Waals surface area contributed by atoms with Crippen molar-refractivity contribution in [2.24, 2.45) is 0 Å². The molecule has 10 heteroatoms. The van der Waals surface area contributed by atoms with Crippen LogP contribution in [0.3, 0.4) is 0 Å². The van der Waals surface area contributed by atoms with Crippen molar-refractivity contribution >= 4 is 29.5 Å². The van der Waals surface area contributed by atoms with Gasteiger partial charge in [0.2, 0.25) is 5.95 Å². The van der Waals surface area contributed by atoms with Gasteiger partial charge in [-0.2, -0.15) is 4.98 Å². The molecule has 0 spiro atoms. The van der Waals surface area contributed by atoms with Gasteiger partial charge in [0, 0.05) is 45.6 Å². The lowest BCUT2D eigenvalue weighted by Gasteiger charge is -2.22. The summed E-state index contributed by atoms with van der Waals surface area (Å²) in [6.45, 7) is 4.14. The number of benzene rings is 2. The molecule has 2 aromatic carbocycles. The third-order valence-corrected chi connectivity index (χ3v) is 6.01. The highest BCUT2D eigenvalue weighted by atomic mass is 16.6. The number of nitrogens with one attached hydrogen (secondary N) is 2. The van der Waals surface area contributed by atoms with Crippen LogP contribution in [0.4, 0.5) is 22.2 Å². The van der Waals surface area contributed by atoms with E-state index < -0.39 is 12.2 Å². The topological polar surface area (TPSA) is 109 Å². The van der Waals surface area contributed by atoms with E-state index in [1.54, 1.807) is 11.1 Å². The molecule has 1 atom stereocenters. The Labute approximate surface area is 216 Å². The van der Waals surface area contributed by atoms with E-state index in [4.69, 9.17) is 9.47 Å². The quantitative estimate of drug-likeness (QED) is 0.455. The number of hydrogen-bond donors (Lipinski definition) is 2. The summed E-state index contributed by atoms with van der Waals surface area (Å²) in [6, 6.07) is 17.3. The Morgan fingerprint density at radius 3 is 2.70 bits per heavy atom. The predicted molar refractivity (Wildman–Crippen MR) is 142 cm³/mol. The Morgan fingerprint density at radius 1 is 1.14 bits per heavy atom. The summed E-state index contributed by atoms with van der Waals surface area (Å²) in [5, 5.41) is 5.55. The Balaban J connectivity index is 1.51. The van der Waals surface area contributed by atoms with Crippen LogP contribution in [0.2, 0.25) is 0 Å². The molecule has 1 aliphatic heterocycles. The maximum absolute atomic E-state index is 13.5. The molecule has 37 heavy (non-hydrogen) atoms. The van der Waals surface area contributed by atoms with E-state index in [1.165, 1.54) is 7.05 Å². The molecule has 0 fully saturated rings. The van der Waals surface area contributed by atoms with Crippen LogP contribution in [0, 0.1) is 0 Å². The number of aromatic nitrogens is 2. The minimum Gasteiger partial charge on any atom is -0.446 e. The van der Waals surface area contributed by atoms with Gasteiger partial charge in [-0.15, -0.1) is 0 Å². The first-order valence-electron chi connectivity index (χ1n) is 12.2. The molecule has 3 aromatic rings. The van der Waals surface area contributed by atoms with Gasteiger partial charge in [0.05, 0.1) is 6.61 Å². The lowest BCUT2D eigenvalue weighted by atomic mass is 10.1. The van der Waals surface area contributed by atoms with Gasteiger partial charge in [0.1, 0.15) is 24.1 Å². The van der Waals surface area contributed by atoms with Crippen molar-refractivity contribution in [1.82, 2.24) is 15.3 Å². The molecule has 10 nitrogen and oxygen atoms in total. The summed E-state index contributed by atoms with van der Waals surface area (Å²) in [5.41, 5.74) is 3.02. The third-order valence-electron chi connectivity index (χ3n) is 6.01. The molecule has 0 bridgehead atoms. The first kappa shape index (κ1) is 25.9. The Hall–Kier alpha value is -4.18. The van der Waals surface area contributed by atoms with E-state index in [2.05, 4.69) is 20.6 Å². The zero-order chi connectivity index (χ0) is 26.2. The van der Waals surface area contributed by atoms with Crippen LogP contribution in [-0.2, 0) is 16.1 Å². The van der Waals surface area contributed by atoms with Gasteiger partial charge in [-0.25, -0.2) is 9.78 Å². The van der Waals surface area contributed by atoms with Crippen LogP contribution in [-0.4, -0.2) is 62.3 Å². The second-order valence-corrected chi connectivity index (χ2v) is 8.57. The molecule has 4 rings (SSSR count). The summed E-state index contributed by atoms with van der Waals surface area (Å²) in [6.07, 6.45) is 0.630. The highest BCUT2D eigenvalue weighted by Crippen LogP contribution is 2.27. The Kier molecular flexibility index (Phi) is 8.52. The number of anilines is 3. The van der Waals surface area contributed by atoms with Crippen molar-refractivity contribution in [3.05, 3.63) is 77.5 Å². The van der Waals surface area contributed by atoms with Crippen LogP contribution < -0.4 is 20.4 Å². The largest absolute Gasteiger partial charge is 0.446 e.